The lowest BCUT2D eigenvalue weighted by Crippen LogP contribution is -2.36. The van der Waals surface area contributed by atoms with E-state index in [1.165, 1.54) is 11.1 Å². The summed E-state index contributed by atoms with van der Waals surface area (Å²) < 4.78 is 2.01. The molecule has 8 heteroatoms. The highest BCUT2D eigenvalue weighted by molar-refractivity contribution is 7.98. The maximum Gasteiger partial charge on any atom is 0.238 e. The Hall–Kier alpha value is -2.80. The molecule has 4 rings (SSSR count). The van der Waals surface area contributed by atoms with Crippen molar-refractivity contribution >= 4 is 40.9 Å². The quantitative estimate of drug-likeness (QED) is 0.187. The van der Waals surface area contributed by atoms with Crippen molar-refractivity contribution in [2.75, 3.05) is 0 Å². The first-order valence-corrected chi connectivity index (χ1v) is 13.5. The second-order valence-electron chi connectivity index (χ2n) is 8.75. The first-order chi connectivity index (χ1) is 17.3. The third-order valence-electron chi connectivity index (χ3n) is 5.79. The van der Waals surface area contributed by atoms with Gasteiger partial charge in [0.25, 0.3) is 0 Å². The summed E-state index contributed by atoms with van der Waals surface area (Å²) in [4.78, 5) is 12.7. The Labute approximate surface area is 226 Å². The molecule has 0 aliphatic carbocycles. The van der Waals surface area contributed by atoms with E-state index >= 15 is 0 Å². The van der Waals surface area contributed by atoms with Gasteiger partial charge in [-0.2, -0.15) is 0 Å². The van der Waals surface area contributed by atoms with Gasteiger partial charge in [0, 0.05) is 10.8 Å². The fourth-order valence-corrected chi connectivity index (χ4v) is 5.07. The first kappa shape index (κ1) is 26.3. The minimum atomic E-state index is -0.678. The molecule has 0 aliphatic heterocycles. The fraction of sp³-hybridized carbons (Fsp3) is 0.250. The Morgan fingerprint density at radius 1 is 1.00 bits per heavy atom. The first-order valence-electron chi connectivity index (χ1n) is 11.7. The molecule has 0 aliphatic rings. The molecule has 1 amide bonds. The molecule has 5 nitrogen and oxygen atoms in total. The number of nitrogens with zero attached hydrogens (tertiary/aromatic N) is 3. The van der Waals surface area contributed by atoms with Gasteiger partial charge < -0.3 is 5.32 Å². The molecule has 3 aromatic carbocycles. The topological polar surface area (TPSA) is 59.8 Å². The monoisotopic (exact) mass is 538 g/mol. The number of hydrogen-bond donors (Lipinski definition) is 1. The number of halogens is 2. The summed E-state index contributed by atoms with van der Waals surface area (Å²) in [5.41, 5.74) is 5.37. The lowest BCUT2D eigenvalue weighted by atomic mass is 10.0. The van der Waals surface area contributed by atoms with Crippen LogP contribution in [0.4, 0.5) is 0 Å². The molecule has 0 fully saturated rings. The molecule has 1 N–H and O–H groups in total. The normalized spacial score (nSPS) is 12.8. The zero-order valence-corrected chi connectivity index (χ0v) is 22.7. The largest absolute Gasteiger partial charge is 0.344 e. The van der Waals surface area contributed by atoms with Crippen LogP contribution < -0.4 is 5.32 Å². The molecule has 36 heavy (non-hydrogen) atoms. The molecule has 1 heterocycles. The van der Waals surface area contributed by atoms with Crippen molar-refractivity contribution in [3.05, 3.63) is 106 Å². The summed E-state index contributed by atoms with van der Waals surface area (Å²) in [5, 5.41) is 12.9. The molecule has 1 aromatic heterocycles. The number of aromatic nitrogens is 3. The summed E-state index contributed by atoms with van der Waals surface area (Å²) in [7, 11) is 0. The van der Waals surface area contributed by atoms with Crippen LogP contribution in [-0.2, 0) is 17.0 Å². The number of benzene rings is 3. The maximum absolute atomic E-state index is 12.7. The number of carbonyl (C=O) groups is 1. The Balaban J connectivity index is 1.78. The van der Waals surface area contributed by atoms with E-state index in [0.29, 0.717) is 17.3 Å². The Bertz CT molecular complexity index is 1340. The van der Waals surface area contributed by atoms with Crippen LogP contribution in [0.3, 0.4) is 0 Å². The minimum Gasteiger partial charge on any atom is -0.344 e. The van der Waals surface area contributed by atoms with Crippen LogP contribution >= 0.6 is 35.0 Å². The lowest BCUT2D eigenvalue weighted by Gasteiger charge is -2.22. The molecule has 0 saturated heterocycles. The van der Waals surface area contributed by atoms with Crippen LogP contribution in [0, 0.1) is 13.8 Å². The number of thioether (sulfide) groups is 1. The summed E-state index contributed by atoms with van der Waals surface area (Å²) >= 11 is 14.1. The summed E-state index contributed by atoms with van der Waals surface area (Å²) in [6.07, 6.45) is 0.538. The number of hydrogen-bond acceptors (Lipinski definition) is 4. The fourth-order valence-electron chi connectivity index (χ4n) is 3.94. The number of amides is 1. The van der Waals surface area contributed by atoms with E-state index in [1.807, 2.05) is 60.0 Å². The van der Waals surface area contributed by atoms with Gasteiger partial charge >= 0.3 is 0 Å². The van der Waals surface area contributed by atoms with Crippen molar-refractivity contribution in [3.8, 4) is 5.69 Å². The van der Waals surface area contributed by atoms with E-state index in [2.05, 4.69) is 46.7 Å². The van der Waals surface area contributed by atoms with Gasteiger partial charge in [-0.1, -0.05) is 89.6 Å². The van der Waals surface area contributed by atoms with E-state index in [9.17, 15) is 4.79 Å². The van der Waals surface area contributed by atoms with Crippen molar-refractivity contribution in [3.63, 3.8) is 0 Å². The number of carbonyl (C=O) groups excluding carboxylic acids is 1. The van der Waals surface area contributed by atoms with Crippen LogP contribution in [0.5, 0.6) is 0 Å². The van der Waals surface area contributed by atoms with Crippen molar-refractivity contribution < 1.29 is 4.79 Å². The highest BCUT2D eigenvalue weighted by Gasteiger charge is 2.26. The second-order valence-corrected chi connectivity index (χ2v) is 10.8. The van der Waals surface area contributed by atoms with Crippen LogP contribution in [0.15, 0.2) is 78.0 Å². The van der Waals surface area contributed by atoms with E-state index in [4.69, 9.17) is 23.2 Å². The highest BCUT2D eigenvalue weighted by Crippen LogP contribution is 2.31. The molecular formula is C28H28Cl2N4OS. The average molecular weight is 540 g/mol. The SMILES string of the molecule is Cc1cccc(CSc2nnc(C(Cc3ccccc3)NC(=O)C(C)Cl)n2-c2cc(Cl)ccc2C)c1. The second kappa shape index (κ2) is 12.0. The van der Waals surface area contributed by atoms with E-state index < -0.39 is 11.4 Å². The van der Waals surface area contributed by atoms with Crippen LogP contribution in [0.2, 0.25) is 5.02 Å². The summed E-state index contributed by atoms with van der Waals surface area (Å²) in [6.45, 7) is 5.76. The van der Waals surface area contributed by atoms with Crippen LogP contribution in [0.25, 0.3) is 5.69 Å². The van der Waals surface area contributed by atoms with Gasteiger partial charge in [0.2, 0.25) is 5.91 Å². The van der Waals surface area contributed by atoms with Crippen LogP contribution in [-0.4, -0.2) is 26.0 Å². The molecule has 2 atom stereocenters. The molecular weight excluding hydrogens is 511 g/mol. The smallest absolute Gasteiger partial charge is 0.238 e. The maximum atomic E-state index is 12.7. The van der Waals surface area contributed by atoms with Gasteiger partial charge in [-0.15, -0.1) is 21.8 Å². The number of nitrogens with one attached hydrogen (secondary N) is 1. The molecule has 0 bridgehead atoms. The lowest BCUT2D eigenvalue weighted by molar-refractivity contribution is -0.121. The number of alkyl halides is 1. The van der Waals surface area contributed by atoms with Crippen molar-refractivity contribution in [2.45, 2.75) is 49.5 Å². The Morgan fingerprint density at radius 2 is 1.75 bits per heavy atom. The molecule has 2 unspecified atom stereocenters. The predicted molar refractivity (Wildman–Crippen MR) is 148 cm³/mol. The number of rotatable bonds is 9. The van der Waals surface area contributed by atoms with Gasteiger partial charge in [0.15, 0.2) is 11.0 Å². The Morgan fingerprint density at radius 3 is 2.47 bits per heavy atom. The predicted octanol–water partition coefficient (Wildman–Crippen LogP) is 6.86. The van der Waals surface area contributed by atoms with Crippen LogP contribution in [0.1, 0.15) is 41.0 Å². The van der Waals surface area contributed by atoms with Gasteiger partial charge in [-0.05, 0) is 56.0 Å². The molecule has 4 aromatic rings. The zero-order chi connectivity index (χ0) is 25.7. The zero-order valence-electron chi connectivity index (χ0n) is 20.4. The molecule has 0 spiro atoms. The van der Waals surface area contributed by atoms with Gasteiger partial charge in [-0.3, -0.25) is 9.36 Å². The Kier molecular flexibility index (Phi) is 8.72. The van der Waals surface area contributed by atoms with Gasteiger partial charge in [-0.25, -0.2) is 0 Å². The molecule has 0 radical (unpaired) electrons. The minimum absolute atomic E-state index is 0.260. The summed E-state index contributed by atoms with van der Waals surface area (Å²) in [5.74, 6) is 1.10. The average Bonchev–Trinajstić information content (AvgIpc) is 3.28. The third kappa shape index (κ3) is 6.49. The highest BCUT2D eigenvalue weighted by atomic mass is 35.5. The van der Waals surface area contributed by atoms with E-state index in [-0.39, 0.29) is 5.91 Å². The van der Waals surface area contributed by atoms with Crippen molar-refractivity contribution in [2.24, 2.45) is 0 Å². The number of aryl methyl sites for hydroxylation is 2. The van der Waals surface area contributed by atoms with Crippen molar-refractivity contribution in [1.82, 2.24) is 20.1 Å². The molecule has 186 valence electrons. The standard InChI is InChI=1S/C28H28Cl2N4OS/c1-18-8-7-11-22(14-18)17-36-28-33-32-26(34(28)25-16-23(30)13-12-19(25)2)24(31-27(35)20(3)29)15-21-9-5-4-6-10-21/h4-14,16,20,24H,15,17H2,1-3H3,(H,31,35). The molecule has 0 saturated carbocycles. The van der Waals surface area contributed by atoms with E-state index in [1.54, 1.807) is 18.7 Å². The van der Waals surface area contributed by atoms with Gasteiger partial charge in [0.05, 0.1) is 11.7 Å². The summed E-state index contributed by atoms with van der Waals surface area (Å²) in [6, 6.07) is 23.7. The van der Waals surface area contributed by atoms with Gasteiger partial charge in [0.1, 0.15) is 5.38 Å². The third-order valence-corrected chi connectivity index (χ3v) is 7.23. The van der Waals surface area contributed by atoms with Crippen molar-refractivity contribution in [1.29, 1.82) is 0 Å². The van der Waals surface area contributed by atoms with E-state index in [0.717, 1.165) is 27.7 Å².